The second-order valence-electron chi connectivity index (χ2n) is 5.21. The van der Waals surface area contributed by atoms with E-state index in [0.29, 0.717) is 4.99 Å². The fraction of sp³-hybridized carbons (Fsp3) is 0.235. The van der Waals surface area contributed by atoms with Crippen LogP contribution in [0.1, 0.15) is 25.0 Å². The highest BCUT2D eigenvalue weighted by Gasteiger charge is 2.03. The van der Waals surface area contributed by atoms with Crippen LogP contribution in [0.2, 0.25) is 0 Å². The van der Waals surface area contributed by atoms with Gasteiger partial charge in [0.25, 0.3) is 0 Å². The minimum absolute atomic E-state index is 0.180. The van der Waals surface area contributed by atoms with Gasteiger partial charge in [-0.05, 0) is 68.8 Å². The molecule has 0 unspecified atom stereocenters. The van der Waals surface area contributed by atoms with E-state index in [1.165, 1.54) is 0 Å². The van der Waals surface area contributed by atoms with Crippen LogP contribution in [0.15, 0.2) is 42.5 Å². The minimum atomic E-state index is 0.180. The van der Waals surface area contributed by atoms with Crippen molar-refractivity contribution in [2.45, 2.75) is 26.9 Å². The number of benzene rings is 2. The molecule has 0 heterocycles. The predicted octanol–water partition coefficient (Wildman–Crippen LogP) is 4.16. The molecule has 0 spiro atoms. The first-order chi connectivity index (χ1) is 9.95. The van der Waals surface area contributed by atoms with E-state index in [0.717, 1.165) is 28.3 Å². The Balaban J connectivity index is 2.11. The third kappa shape index (κ3) is 4.20. The molecule has 0 aliphatic carbocycles. The molecule has 110 valence electrons. The van der Waals surface area contributed by atoms with Gasteiger partial charge in [-0.3, -0.25) is 0 Å². The summed E-state index contributed by atoms with van der Waals surface area (Å²) in [5, 5.41) is 3.35. The summed E-state index contributed by atoms with van der Waals surface area (Å²) in [6, 6.07) is 13.9. The van der Waals surface area contributed by atoms with E-state index in [-0.39, 0.29) is 6.10 Å². The van der Waals surface area contributed by atoms with E-state index in [1.807, 2.05) is 63.2 Å². The zero-order valence-electron chi connectivity index (χ0n) is 12.5. The quantitative estimate of drug-likeness (QED) is 0.814. The third-order valence-corrected chi connectivity index (χ3v) is 3.23. The van der Waals surface area contributed by atoms with Crippen molar-refractivity contribution in [1.29, 1.82) is 0 Å². The lowest BCUT2D eigenvalue weighted by Gasteiger charge is -2.12. The number of thiocarbonyl (C=S) groups is 1. The van der Waals surface area contributed by atoms with Crippen LogP contribution in [0, 0.1) is 6.92 Å². The zero-order chi connectivity index (χ0) is 15.4. The Morgan fingerprint density at radius 3 is 2.24 bits per heavy atom. The van der Waals surface area contributed by atoms with Gasteiger partial charge in [-0.1, -0.05) is 12.2 Å². The lowest BCUT2D eigenvalue weighted by molar-refractivity contribution is 0.242. The van der Waals surface area contributed by atoms with Crippen molar-refractivity contribution >= 4 is 28.6 Å². The van der Waals surface area contributed by atoms with Crippen molar-refractivity contribution in [3.05, 3.63) is 53.6 Å². The van der Waals surface area contributed by atoms with Gasteiger partial charge in [-0.25, -0.2) is 0 Å². The topological polar surface area (TPSA) is 47.3 Å². The van der Waals surface area contributed by atoms with Crippen molar-refractivity contribution in [2.75, 3.05) is 5.32 Å². The normalized spacial score (nSPS) is 10.5. The fourth-order valence-corrected chi connectivity index (χ4v) is 2.30. The zero-order valence-corrected chi connectivity index (χ0v) is 13.3. The van der Waals surface area contributed by atoms with Gasteiger partial charge in [0.2, 0.25) is 0 Å². The van der Waals surface area contributed by atoms with Crippen molar-refractivity contribution < 1.29 is 4.74 Å². The fourth-order valence-electron chi connectivity index (χ4n) is 2.07. The first-order valence-electron chi connectivity index (χ1n) is 6.90. The molecule has 2 aromatic carbocycles. The maximum atomic E-state index is 5.67. The third-order valence-electron chi connectivity index (χ3n) is 3.01. The molecule has 0 atom stereocenters. The summed E-state index contributed by atoms with van der Waals surface area (Å²) in [4.78, 5) is 0.425. The van der Waals surface area contributed by atoms with Gasteiger partial charge < -0.3 is 15.8 Å². The van der Waals surface area contributed by atoms with E-state index in [4.69, 9.17) is 22.7 Å². The standard InChI is InChI=1S/C17H20N2OS/c1-11(2)20-15-7-4-13(5-8-15)19-14-6-9-16(17(18)21)12(3)10-14/h4-11,19H,1-3H3,(H2,18,21). The van der Waals surface area contributed by atoms with Gasteiger partial charge in [-0.15, -0.1) is 0 Å². The van der Waals surface area contributed by atoms with Crippen molar-refractivity contribution in [2.24, 2.45) is 5.73 Å². The van der Waals surface area contributed by atoms with Crippen LogP contribution in [0.25, 0.3) is 0 Å². The smallest absolute Gasteiger partial charge is 0.119 e. The van der Waals surface area contributed by atoms with Gasteiger partial charge in [0.1, 0.15) is 10.7 Å². The Kier molecular flexibility index (Phi) is 4.81. The number of hydrogen-bond donors (Lipinski definition) is 2. The number of ether oxygens (including phenoxy) is 1. The van der Waals surface area contributed by atoms with Crippen LogP contribution >= 0.6 is 12.2 Å². The number of nitrogens with two attached hydrogens (primary N) is 1. The largest absolute Gasteiger partial charge is 0.491 e. The number of hydrogen-bond acceptors (Lipinski definition) is 3. The maximum absolute atomic E-state index is 5.67. The number of aryl methyl sites for hydroxylation is 1. The van der Waals surface area contributed by atoms with Crippen LogP contribution in [-0.2, 0) is 0 Å². The highest BCUT2D eigenvalue weighted by molar-refractivity contribution is 7.80. The van der Waals surface area contributed by atoms with E-state index in [9.17, 15) is 0 Å². The lowest BCUT2D eigenvalue weighted by Crippen LogP contribution is -2.11. The van der Waals surface area contributed by atoms with Gasteiger partial charge >= 0.3 is 0 Å². The van der Waals surface area contributed by atoms with Crippen LogP contribution in [0.4, 0.5) is 11.4 Å². The molecule has 0 aromatic heterocycles. The first kappa shape index (κ1) is 15.3. The van der Waals surface area contributed by atoms with E-state index in [1.54, 1.807) is 0 Å². The Morgan fingerprint density at radius 2 is 1.71 bits per heavy atom. The van der Waals surface area contributed by atoms with Gasteiger partial charge in [0.15, 0.2) is 0 Å². The molecule has 0 aliphatic rings. The minimum Gasteiger partial charge on any atom is -0.491 e. The highest BCUT2D eigenvalue weighted by Crippen LogP contribution is 2.22. The monoisotopic (exact) mass is 300 g/mol. The average Bonchev–Trinajstić information content (AvgIpc) is 2.40. The molecule has 0 aliphatic heterocycles. The maximum Gasteiger partial charge on any atom is 0.119 e. The summed E-state index contributed by atoms with van der Waals surface area (Å²) in [7, 11) is 0. The lowest BCUT2D eigenvalue weighted by atomic mass is 10.1. The van der Waals surface area contributed by atoms with E-state index >= 15 is 0 Å². The second kappa shape index (κ2) is 6.59. The average molecular weight is 300 g/mol. The summed E-state index contributed by atoms with van der Waals surface area (Å²) in [5.41, 5.74) is 9.66. The molecule has 21 heavy (non-hydrogen) atoms. The second-order valence-corrected chi connectivity index (χ2v) is 5.65. The van der Waals surface area contributed by atoms with Crippen LogP contribution in [0.3, 0.4) is 0 Å². The Morgan fingerprint density at radius 1 is 1.10 bits per heavy atom. The molecule has 3 N–H and O–H groups in total. The molecule has 0 saturated heterocycles. The molecular formula is C17H20N2OS. The molecule has 0 saturated carbocycles. The molecule has 0 bridgehead atoms. The molecule has 2 aromatic rings. The summed E-state index contributed by atoms with van der Waals surface area (Å²) < 4.78 is 5.62. The number of nitrogens with one attached hydrogen (secondary N) is 1. The first-order valence-corrected chi connectivity index (χ1v) is 7.30. The Hall–Kier alpha value is -2.07. The molecule has 4 heteroatoms. The van der Waals surface area contributed by atoms with Crippen molar-refractivity contribution in [3.8, 4) is 5.75 Å². The summed E-state index contributed by atoms with van der Waals surface area (Å²) >= 11 is 5.01. The number of rotatable bonds is 5. The molecule has 0 amide bonds. The van der Waals surface area contributed by atoms with E-state index in [2.05, 4.69) is 5.32 Å². The van der Waals surface area contributed by atoms with Crippen molar-refractivity contribution in [3.63, 3.8) is 0 Å². The Labute approximate surface area is 131 Å². The number of anilines is 2. The van der Waals surface area contributed by atoms with Gasteiger partial charge in [-0.2, -0.15) is 0 Å². The van der Waals surface area contributed by atoms with E-state index < -0.39 is 0 Å². The van der Waals surface area contributed by atoms with Gasteiger partial charge in [0, 0.05) is 16.9 Å². The molecule has 3 nitrogen and oxygen atoms in total. The van der Waals surface area contributed by atoms with Crippen molar-refractivity contribution in [1.82, 2.24) is 0 Å². The van der Waals surface area contributed by atoms with Gasteiger partial charge in [0.05, 0.1) is 6.10 Å². The van der Waals surface area contributed by atoms with Crippen LogP contribution < -0.4 is 15.8 Å². The summed E-state index contributed by atoms with van der Waals surface area (Å²) in [6.45, 7) is 6.02. The molecular weight excluding hydrogens is 280 g/mol. The predicted molar refractivity (Wildman–Crippen MR) is 92.6 cm³/mol. The SMILES string of the molecule is Cc1cc(Nc2ccc(OC(C)C)cc2)ccc1C(N)=S. The summed E-state index contributed by atoms with van der Waals surface area (Å²) in [5.74, 6) is 0.871. The molecule has 0 radical (unpaired) electrons. The molecule has 0 fully saturated rings. The van der Waals surface area contributed by atoms with Crippen LogP contribution in [0.5, 0.6) is 5.75 Å². The molecule has 2 rings (SSSR count). The Bertz CT molecular complexity index is 636. The van der Waals surface area contributed by atoms with Crippen LogP contribution in [-0.4, -0.2) is 11.1 Å². The highest BCUT2D eigenvalue weighted by atomic mass is 32.1. The summed E-state index contributed by atoms with van der Waals surface area (Å²) in [6.07, 6.45) is 0.180.